The summed E-state index contributed by atoms with van der Waals surface area (Å²) in [5.41, 5.74) is 2.86. The number of aliphatic imine (C=N–C) groups is 1. The van der Waals surface area contributed by atoms with Crippen LogP contribution in [0.1, 0.15) is 50.2 Å². The number of nitrogens with zero attached hydrogens (tertiary/aromatic N) is 2. The smallest absolute Gasteiger partial charge is 0.267 e. The number of benzene rings is 2. The molecule has 1 heterocycles. The van der Waals surface area contributed by atoms with Gasteiger partial charge in [0.1, 0.15) is 0 Å². The van der Waals surface area contributed by atoms with Crippen LogP contribution in [0.2, 0.25) is 10.0 Å². The third-order valence-electron chi connectivity index (χ3n) is 5.63. The zero-order valence-electron chi connectivity index (χ0n) is 16.9. The number of hydrogen-bond acceptors (Lipinski definition) is 3. The van der Waals surface area contributed by atoms with E-state index in [-0.39, 0.29) is 11.9 Å². The Kier molecular flexibility index (Phi) is 6.87. The Labute approximate surface area is 192 Å². The van der Waals surface area contributed by atoms with Gasteiger partial charge in [0.05, 0.1) is 20.6 Å². The monoisotopic (exact) mass is 458 g/mol. The molecule has 1 aliphatic carbocycles. The van der Waals surface area contributed by atoms with Gasteiger partial charge in [0, 0.05) is 6.04 Å². The molecule has 1 aliphatic heterocycles. The second-order valence-corrected chi connectivity index (χ2v) is 9.39. The van der Waals surface area contributed by atoms with E-state index in [1.165, 1.54) is 23.7 Å². The summed E-state index contributed by atoms with van der Waals surface area (Å²) < 4.78 is 0. The number of hydrogen-bond donors (Lipinski definition) is 0. The third-order valence-corrected chi connectivity index (χ3v) is 7.45. The molecule has 0 atom stereocenters. The quantitative estimate of drug-likeness (QED) is 0.444. The van der Waals surface area contributed by atoms with Crippen molar-refractivity contribution in [2.45, 2.75) is 51.5 Å². The summed E-state index contributed by atoms with van der Waals surface area (Å²) >= 11 is 14.0. The molecule has 1 amide bonds. The number of carbonyl (C=O) groups is 1. The maximum atomic E-state index is 13.4. The van der Waals surface area contributed by atoms with Gasteiger partial charge in [0.2, 0.25) is 0 Å². The van der Waals surface area contributed by atoms with Crippen LogP contribution in [0.4, 0.5) is 5.69 Å². The molecule has 2 fully saturated rings. The van der Waals surface area contributed by atoms with Gasteiger partial charge in [-0.25, -0.2) is 4.99 Å². The molecule has 30 heavy (non-hydrogen) atoms. The molecule has 0 bridgehead atoms. The molecule has 2 aromatic carbocycles. The molecule has 4 rings (SSSR count). The minimum atomic E-state index is 0.00988. The molecular weight excluding hydrogens is 435 g/mol. The van der Waals surface area contributed by atoms with Crippen molar-refractivity contribution in [1.29, 1.82) is 0 Å². The Morgan fingerprint density at radius 3 is 2.63 bits per heavy atom. The molecule has 156 valence electrons. The summed E-state index contributed by atoms with van der Waals surface area (Å²) in [5.74, 6) is 0.00988. The number of thioether (sulfide) groups is 1. The van der Waals surface area contributed by atoms with E-state index in [1.807, 2.05) is 41.3 Å². The zero-order valence-corrected chi connectivity index (χ0v) is 19.2. The van der Waals surface area contributed by atoms with Crippen molar-refractivity contribution in [3.05, 3.63) is 68.5 Å². The summed E-state index contributed by atoms with van der Waals surface area (Å²) in [6.45, 7) is 2.12. The maximum absolute atomic E-state index is 13.4. The highest BCUT2D eigenvalue weighted by molar-refractivity contribution is 8.18. The van der Waals surface area contributed by atoms with E-state index in [9.17, 15) is 4.79 Å². The molecule has 0 N–H and O–H groups in total. The predicted octanol–water partition coefficient (Wildman–Crippen LogP) is 7.49. The minimum absolute atomic E-state index is 0.00988. The summed E-state index contributed by atoms with van der Waals surface area (Å²) in [6, 6.07) is 13.8. The number of aryl methyl sites for hydroxylation is 1. The van der Waals surface area contributed by atoms with Crippen LogP contribution in [0.25, 0.3) is 6.08 Å². The Hall–Kier alpha value is -1.75. The number of amides is 1. The normalized spacial score (nSPS) is 20.5. The average Bonchev–Trinajstić information content (AvgIpc) is 3.07. The standard InChI is InChI=1S/C24H24Cl2N2OS/c1-2-16-9-6-7-14-20(16)27-24-28(18-11-4-3-5-12-18)23(29)21(30-24)15-17-10-8-13-19(25)22(17)26/h6-10,13-15,18H,2-5,11-12H2,1H3/b21-15+,27-24?. The van der Waals surface area contributed by atoms with Gasteiger partial charge >= 0.3 is 0 Å². The van der Waals surface area contributed by atoms with Crippen LogP contribution in [0, 0.1) is 0 Å². The van der Waals surface area contributed by atoms with Crippen LogP contribution in [0.3, 0.4) is 0 Å². The highest BCUT2D eigenvalue weighted by Gasteiger charge is 2.38. The summed E-state index contributed by atoms with van der Waals surface area (Å²) in [5, 5.41) is 1.71. The Bertz CT molecular complexity index is 1010. The van der Waals surface area contributed by atoms with E-state index in [0.717, 1.165) is 48.5 Å². The lowest BCUT2D eigenvalue weighted by Gasteiger charge is -2.30. The van der Waals surface area contributed by atoms with E-state index in [0.29, 0.717) is 15.0 Å². The van der Waals surface area contributed by atoms with Crippen LogP contribution in [-0.2, 0) is 11.2 Å². The molecule has 0 spiro atoms. The molecule has 0 radical (unpaired) electrons. The van der Waals surface area contributed by atoms with Crippen LogP contribution in [0.5, 0.6) is 0 Å². The highest BCUT2D eigenvalue weighted by Crippen LogP contribution is 2.40. The van der Waals surface area contributed by atoms with Crippen molar-refractivity contribution >= 4 is 57.8 Å². The van der Waals surface area contributed by atoms with Gasteiger partial charge in [-0.3, -0.25) is 9.69 Å². The van der Waals surface area contributed by atoms with E-state index >= 15 is 0 Å². The zero-order chi connectivity index (χ0) is 21.1. The molecule has 3 nitrogen and oxygen atoms in total. The van der Waals surface area contributed by atoms with Crippen LogP contribution >= 0.6 is 35.0 Å². The van der Waals surface area contributed by atoms with Gasteiger partial charge in [0.15, 0.2) is 5.17 Å². The summed E-state index contributed by atoms with van der Waals surface area (Å²) in [7, 11) is 0. The summed E-state index contributed by atoms with van der Waals surface area (Å²) in [4.78, 5) is 20.9. The van der Waals surface area contributed by atoms with Crippen LogP contribution in [-0.4, -0.2) is 22.0 Å². The van der Waals surface area contributed by atoms with Gasteiger partial charge in [-0.15, -0.1) is 0 Å². The minimum Gasteiger partial charge on any atom is -0.283 e. The molecule has 1 saturated heterocycles. The lowest BCUT2D eigenvalue weighted by atomic mass is 9.94. The first-order valence-corrected chi connectivity index (χ1v) is 12.0. The fourth-order valence-corrected chi connectivity index (χ4v) is 5.43. The molecule has 0 unspecified atom stereocenters. The average molecular weight is 459 g/mol. The maximum Gasteiger partial charge on any atom is 0.267 e. The van der Waals surface area contributed by atoms with Crippen molar-refractivity contribution in [3.8, 4) is 0 Å². The first-order valence-electron chi connectivity index (χ1n) is 10.4. The molecule has 0 aromatic heterocycles. The summed E-state index contributed by atoms with van der Waals surface area (Å²) in [6.07, 6.45) is 8.31. The number of amidine groups is 1. The van der Waals surface area contributed by atoms with Crippen LogP contribution < -0.4 is 0 Å². The van der Waals surface area contributed by atoms with Crippen molar-refractivity contribution in [2.24, 2.45) is 4.99 Å². The molecule has 2 aromatic rings. The van der Waals surface area contributed by atoms with Crippen molar-refractivity contribution in [1.82, 2.24) is 4.90 Å². The first kappa shape index (κ1) is 21.5. The highest BCUT2D eigenvalue weighted by atomic mass is 35.5. The van der Waals surface area contributed by atoms with E-state index in [4.69, 9.17) is 28.2 Å². The largest absolute Gasteiger partial charge is 0.283 e. The Balaban J connectivity index is 1.75. The fraction of sp³-hybridized carbons (Fsp3) is 0.333. The van der Waals surface area contributed by atoms with E-state index < -0.39 is 0 Å². The predicted molar refractivity (Wildman–Crippen MR) is 129 cm³/mol. The Morgan fingerprint density at radius 2 is 1.87 bits per heavy atom. The first-order chi connectivity index (χ1) is 14.6. The molecule has 2 aliphatic rings. The van der Waals surface area contributed by atoms with Crippen molar-refractivity contribution < 1.29 is 4.79 Å². The Morgan fingerprint density at radius 1 is 1.10 bits per heavy atom. The van der Waals surface area contributed by atoms with E-state index in [2.05, 4.69) is 13.0 Å². The van der Waals surface area contributed by atoms with Gasteiger partial charge < -0.3 is 0 Å². The van der Waals surface area contributed by atoms with Crippen LogP contribution in [0.15, 0.2) is 52.4 Å². The van der Waals surface area contributed by atoms with Crippen molar-refractivity contribution in [3.63, 3.8) is 0 Å². The lowest BCUT2D eigenvalue weighted by Crippen LogP contribution is -2.40. The fourth-order valence-electron chi connectivity index (χ4n) is 4.02. The number of halogens is 2. The second kappa shape index (κ2) is 9.59. The number of para-hydroxylation sites is 1. The van der Waals surface area contributed by atoms with E-state index in [1.54, 1.807) is 6.07 Å². The topological polar surface area (TPSA) is 32.7 Å². The van der Waals surface area contributed by atoms with Gasteiger partial charge in [-0.05, 0) is 60.4 Å². The SMILES string of the molecule is CCc1ccccc1N=C1S/C(=C/c2cccc(Cl)c2Cl)C(=O)N1C1CCCCC1. The van der Waals surface area contributed by atoms with Gasteiger partial charge in [-0.2, -0.15) is 0 Å². The van der Waals surface area contributed by atoms with Gasteiger partial charge in [-0.1, -0.05) is 79.7 Å². The molecular formula is C24H24Cl2N2OS. The molecule has 6 heteroatoms. The second-order valence-electron chi connectivity index (χ2n) is 7.60. The molecule has 1 saturated carbocycles. The number of rotatable bonds is 4. The number of carbonyl (C=O) groups excluding carboxylic acids is 1. The lowest BCUT2D eigenvalue weighted by molar-refractivity contribution is -0.124. The third kappa shape index (κ3) is 4.46. The van der Waals surface area contributed by atoms with Gasteiger partial charge in [0.25, 0.3) is 5.91 Å². The van der Waals surface area contributed by atoms with Crippen molar-refractivity contribution in [2.75, 3.05) is 0 Å².